The molecule has 25 heavy (non-hydrogen) atoms. The average molecular weight is 384 g/mol. The van der Waals surface area contributed by atoms with Crippen molar-refractivity contribution in [3.8, 4) is 5.75 Å². The number of carbonyl (C=O) groups excluding carboxylic acids is 1. The number of amides is 1. The molecule has 0 bridgehead atoms. The molecule has 0 aromatic heterocycles. The molecule has 0 aliphatic heterocycles. The summed E-state index contributed by atoms with van der Waals surface area (Å²) in [5, 5.41) is 4.32. The second-order valence-electron chi connectivity index (χ2n) is 6.65. The maximum atomic E-state index is 12.1. The van der Waals surface area contributed by atoms with E-state index in [-0.39, 0.29) is 12.3 Å². The lowest BCUT2D eigenvalue weighted by Crippen LogP contribution is -2.52. The number of ether oxygens (including phenoxy) is 1. The van der Waals surface area contributed by atoms with Crippen molar-refractivity contribution in [2.75, 3.05) is 7.11 Å². The van der Waals surface area contributed by atoms with Crippen molar-refractivity contribution >= 4 is 34.8 Å². The summed E-state index contributed by atoms with van der Waals surface area (Å²) in [6.07, 6.45) is 3.71. The molecule has 0 unspecified atom stereocenters. The molecule has 1 saturated carbocycles. The number of hydrogen-bond donors (Lipinski definition) is 3. The molecule has 3 N–H and O–H groups in total. The minimum absolute atomic E-state index is 0.149. The fourth-order valence-electron chi connectivity index (χ4n) is 3.22. The van der Waals surface area contributed by atoms with Gasteiger partial charge in [-0.15, -0.1) is 0 Å². The van der Waals surface area contributed by atoms with Gasteiger partial charge in [0, 0.05) is 16.6 Å². The van der Waals surface area contributed by atoms with Crippen LogP contribution in [0.25, 0.3) is 0 Å². The molecule has 7 heteroatoms. The van der Waals surface area contributed by atoms with Crippen LogP contribution < -0.4 is 20.9 Å². The molecule has 0 heterocycles. The summed E-state index contributed by atoms with van der Waals surface area (Å²) < 4.78 is 5.25. The molecular weight excluding hydrogens is 358 g/mol. The average Bonchev–Trinajstić information content (AvgIpc) is 2.57. The smallest absolute Gasteiger partial charge is 0.242 e. The van der Waals surface area contributed by atoms with Crippen molar-refractivity contribution in [3.05, 3.63) is 28.8 Å². The molecular formula is C18H26ClN3O2S. The van der Waals surface area contributed by atoms with Crippen molar-refractivity contribution in [3.63, 3.8) is 0 Å². The highest BCUT2D eigenvalue weighted by atomic mass is 35.5. The first-order valence-electron chi connectivity index (χ1n) is 8.58. The molecule has 1 aliphatic carbocycles. The fraction of sp³-hybridized carbons (Fsp3) is 0.556. The minimum atomic E-state index is -0.213. The number of thiocarbonyl (C=S) groups is 1. The summed E-state index contributed by atoms with van der Waals surface area (Å²) in [6.45, 7) is 4.52. The number of carbonyl (C=O) groups is 1. The highest BCUT2D eigenvalue weighted by Crippen LogP contribution is 2.29. The number of rotatable bonds is 4. The first kappa shape index (κ1) is 19.8. The van der Waals surface area contributed by atoms with Gasteiger partial charge in [-0.3, -0.25) is 15.6 Å². The van der Waals surface area contributed by atoms with Gasteiger partial charge < -0.3 is 10.1 Å². The first-order valence-corrected chi connectivity index (χ1v) is 9.37. The van der Waals surface area contributed by atoms with E-state index in [1.807, 2.05) is 0 Å². The molecule has 3 atom stereocenters. The van der Waals surface area contributed by atoms with Gasteiger partial charge >= 0.3 is 0 Å². The van der Waals surface area contributed by atoms with Gasteiger partial charge in [0.1, 0.15) is 5.75 Å². The van der Waals surface area contributed by atoms with Crippen LogP contribution in [-0.4, -0.2) is 24.2 Å². The lowest BCUT2D eigenvalue weighted by atomic mass is 9.78. The molecule has 0 spiro atoms. The summed E-state index contributed by atoms with van der Waals surface area (Å²) in [4.78, 5) is 12.1. The van der Waals surface area contributed by atoms with E-state index in [4.69, 9.17) is 28.6 Å². The molecule has 2 rings (SSSR count). The second kappa shape index (κ2) is 9.25. The van der Waals surface area contributed by atoms with Crippen LogP contribution in [0.4, 0.5) is 0 Å². The van der Waals surface area contributed by atoms with Crippen LogP contribution in [0, 0.1) is 11.8 Å². The molecule has 5 nitrogen and oxygen atoms in total. The molecule has 138 valence electrons. The van der Waals surface area contributed by atoms with Crippen LogP contribution in [0.15, 0.2) is 18.2 Å². The van der Waals surface area contributed by atoms with Crippen LogP contribution in [0.1, 0.15) is 38.7 Å². The lowest BCUT2D eigenvalue weighted by molar-refractivity contribution is -0.121. The van der Waals surface area contributed by atoms with E-state index in [0.29, 0.717) is 33.8 Å². The van der Waals surface area contributed by atoms with E-state index in [0.717, 1.165) is 12.0 Å². The van der Waals surface area contributed by atoms with E-state index in [1.165, 1.54) is 12.8 Å². The topological polar surface area (TPSA) is 62.4 Å². The highest BCUT2D eigenvalue weighted by molar-refractivity contribution is 7.80. The minimum Gasteiger partial charge on any atom is -0.496 e. The van der Waals surface area contributed by atoms with Crippen molar-refractivity contribution < 1.29 is 9.53 Å². The summed E-state index contributed by atoms with van der Waals surface area (Å²) >= 11 is 11.3. The quantitative estimate of drug-likeness (QED) is 0.550. The third-order valence-corrected chi connectivity index (χ3v) is 5.39. The maximum absolute atomic E-state index is 12.1. The Balaban J connectivity index is 1.81. The predicted octanol–water partition coefficient (Wildman–Crippen LogP) is 3.21. The number of nitrogens with one attached hydrogen (secondary N) is 3. The Morgan fingerprint density at radius 2 is 2.08 bits per heavy atom. The standard InChI is InChI=1S/C18H26ClN3O2S/c1-11-5-4-6-15(12(11)2)20-18(25)22-21-17(23)10-13-9-14(19)7-8-16(13)24-3/h7-9,11-12,15H,4-6,10H2,1-3H3,(H,21,23)(H2,20,22,25)/t11-,12+,15-/m0/s1. The molecule has 0 saturated heterocycles. The maximum Gasteiger partial charge on any atom is 0.242 e. The van der Waals surface area contributed by atoms with Gasteiger partial charge in [0.25, 0.3) is 0 Å². The number of halogens is 1. The van der Waals surface area contributed by atoms with Crippen LogP contribution in [0.2, 0.25) is 5.02 Å². The van der Waals surface area contributed by atoms with Crippen LogP contribution in [0.5, 0.6) is 5.75 Å². The number of methoxy groups -OCH3 is 1. The third-order valence-electron chi connectivity index (χ3n) is 4.93. The Kier molecular flexibility index (Phi) is 7.32. The zero-order valence-corrected chi connectivity index (χ0v) is 16.5. The highest BCUT2D eigenvalue weighted by Gasteiger charge is 2.27. The molecule has 1 amide bonds. The summed E-state index contributed by atoms with van der Waals surface area (Å²) in [5.41, 5.74) is 6.14. The zero-order valence-electron chi connectivity index (χ0n) is 14.9. The van der Waals surface area contributed by atoms with Crippen molar-refractivity contribution in [2.24, 2.45) is 11.8 Å². The number of hydrogen-bond acceptors (Lipinski definition) is 3. The largest absolute Gasteiger partial charge is 0.496 e. The van der Waals surface area contributed by atoms with E-state index >= 15 is 0 Å². The third kappa shape index (κ3) is 5.75. The SMILES string of the molecule is COc1ccc(Cl)cc1CC(=O)NNC(=S)N[C@H]1CCC[C@H](C)[C@H]1C. The zero-order chi connectivity index (χ0) is 18.4. The van der Waals surface area contributed by atoms with E-state index < -0.39 is 0 Å². The summed E-state index contributed by atoms with van der Waals surface area (Å²) in [7, 11) is 1.56. The van der Waals surface area contributed by atoms with Crippen LogP contribution in [-0.2, 0) is 11.2 Å². The van der Waals surface area contributed by atoms with Gasteiger partial charge in [0.15, 0.2) is 5.11 Å². The Labute approximate surface area is 159 Å². The lowest BCUT2D eigenvalue weighted by Gasteiger charge is -2.35. The van der Waals surface area contributed by atoms with E-state index in [9.17, 15) is 4.79 Å². The normalized spacial score (nSPS) is 22.8. The Morgan fingerprint density at radius 3 is 2.80 bits per heavy atom. The van der Waals surface area contributed by atoms with Crippen molar-refractivity contribution in [1.82, 2.24) is 16.2 Å². The van der Waals surface area contributed by atoms with Gasteiger partial charge in [-0.25, -0.2) is 0 Å². The predicted molar refractivity (Wildman–Crippen MR) is 105 cm³/mol. The number of hydrazine groups is 1. The van der Waals surface area contributed by atoms with Crippen molar-refractivity contribution in [2.45, 2.75) is 45.6 Å². The van der Waals surface area contributed by atoms with Gasteiger partial charge in [-0.05, 0) is 48.7 Å². The van der Waals surface area contributed by atoms with Gasteiger partial charge in [-0.2, -0.15) is 0 Å². The first-order chi connectivity index (χ1) is 11.9. The summed E-state index contributed by atoms with van der Waals surface area (Å²) in [6, 6.07) is 5.54. The number of benzene rings is 1. The Morgan fingerprint density at radius 1 is 1.32 bits per heavy atom. The van der Waals surface area contributed by atoms with Gasteiger partial charge in [-0.1, -0.05) is 38.3 Å². The van der Waals surface area contributed by atoms with Crippen LogP contribution >= 0.6 is 23.8 Å². The van der Waals surface area contributed by atoms with Gasteiger partial charge in [0.2, 0.25) is 5.91 Å². The van der Waals surface area contributed by atoms with Crippen molar-refractivity contribution in [1.29, 1.82) is 0 Å². The second-order valence-corrected chi connectivity index (χ2v) is 7.50. The van der Waals surface area contributed by atoms with E-state index in [1.54, 1.807) is 25.3 Å². The van der Waals surface area contributed by atoms with E-state index in [2.05, 4.69) is 30.0 Å². The molecule has 0 radical (unpaired) electrons. The molecule has 1 aliphatic rings. The summed E-state index contributed by atoms with van der Waals surface area (Å²) in [5.74, 6) is 1.65. The van der Waals surface area contributed by atoms with Crippen LogP contribution in [0.3, 0.4) is 0 Å². The molecule has 1 aromatic carbocycles. The Hall–Kier alpha value is -1.53. The fourth-order valence-corrected chi connectivity index (χ4v) is 3.62. The van der Waals surface area contributed by atoms with Gasteiger partial charge in [0.05, 0.1) is 13.5 Å². The monoisotopic (exact) mass is 383 g/mol. The molecule has 1 fully saturated rings. The Bertz CT molecular complexity index is 626. The molecule has 1 aromatic rings.